The fourth-order valence-electron chi connectivity index (χ4n) is 5.12. The van der Waals surface area contributed by atoms with Crippen molar-refractivity contribution in [2.45, 2.75) is 52.2 Å². The van der Waals surface area contributed by atoms with Crippen LogP contribution in [0.1, 0.15) is 56.3 Å². The molecule has 2 heterocycles. The molecule has 1 fully saturated rings. The number of carbonyl (C=O) groups excluding carboxylic acids is 1. The number of benzene rings is 2. The standard InChI is InChI=1S/C28H31N5O3/c1-17(2)35-25-10-7-19(13-20(25)14-29)28-31-27(32-36-28)23-6-4-5-22-21(23)8-9-24(22)30-15-26(34)33-12-11-18(3)16-33/h4-7,10,13,17-18,24,30H,8-9,11-12,15-16H2,1-3H3/t18-,24+/m0/s1. The van der Waals surface area contributed by atoms with Crippen molar-refractivity contribution in [1.29, 1.82) is 5.26 Å². The molecule has 0 spiro atoms. The summed E-state index contributed by atoms with van der Waals surface area (Å²) in [5.74, 6) is 2.17. The van der Waals surface area contributed by atoms with E-state index < -0.39 is 0 Å². The van der Waals surface area contributed by atoms with Gasteiger partial charge in [0.1, 0.15) is 11.8 Å². The number of nitrogens with zero attached hydrogens (tertiary/aromatic N) is 4. The Balaban J connectivity index is 1.32. The van der Waals surface area contributed by atoms with Crippen LogP contribution in [0.4, 0.5) is 0 Å². The Hall–Kier alpha value is -3.70. The van der Waals surface area contributed by atoms with Gasteiger partial charge < -0.3 is 19.5 Å². The molecule has 1 amide bonds. The number of amides is 1. The fourth-order valence-corrected chi connectivity index (χ4v) is 5.12. The summed E-state index contributed by atoms with van der Waals surface area (Å²) in [6.07, 6.45) is 2.85. The summed E-state index contributed by atoms with van der Waals surface area (Å²) in [5, 5.41) is 17.3. The summed E-state index contributed by atoms with van der Waals surface area (Å²) in [6.45, 7) is 8.10. The number of rotatable bonds is 7. The van der Waals surface area contributed by atoms with E-state index in [-0.39, 0.29) is 18.1 Å². The van der Waals surface area contributed by atoms with Gasteiger partial charge in [0.2, 0.25) is 11.7 Å². The molecule has 1 N–H and O–H groups in total. The molecule has 0 saturated carbocycles. The first-order valence-electron chi connectivity index (χ1n) is 12.6. The Morgan fingerprint density at radius 1 is 1.31 bits per heavy atom. The van der Waals surface area contributed by atoms with Gasteiger partial charge in [0.15, 0.2) is 0 Å². The largest absolute Gasteiger partial charge is 0.490 e. The van der Waals surface area contributed by atoms with Gasteiger partial charge in [0, 0.05) is 30.3 Å². The second kappa shape index (κ2) is 10.1. The summed E-state index contributed by atoms with van der Waals surface area (Å²) in [5.41, 5.74) is 4.40. The third-order valence-electron chi connectivity index (χ3n) is 6.92. The molecule has 8 nitrogen and oxygen atoms in total. The maximum Gasteiger partial charge on any atom is 0.258 e. The molecule has 5 rings (SSSR count). The van der Waals surface area contributed by atoms with Crippen LogP contribution in [0, 0.1) is 17.2 Å². The van der Waals surface area contributed by atoms with Gasteiger partial charge in [0.05, 0.1) is 18.2 Å². The van der Waals surface area contributed by atoms with E-state index in [0.717, 1.165) is 37.9 Å². The molecular weight excluding hydrogens is 454 g/mol. The summed E-state index contributed by atoms with van der Waals surface area (Å²) in [4.78, 5) is 19.2. The van der Waals surface area contributed by atoms with Crippen LogP contribution in [-0.2, 0) is 11.2 Å². The van der Waals surface area contributed by atoms with Crippen LogP contribution < -0.4 is 10.1 Å². The lowest BCUT2D eigenvalue weighted by Gasteiger charge is -2.19. The summed E-state index contributed by atoms with van der Waals surface area (Å²) < 4.78 is 11.3. The Morgan fingerprint density at radius 2 is 2.17 bits per heavy atom. The van der Waals surface area contributed by atoms with Gasteiger partial charge in [-0.05, 0) is 68.4 Å². The minimum atomic E-state index is -0.0292. The number of hydrogen-bond acceptors (Lipinski definition) is 7. The molecule has 186 valence electrons. The number of likely N-dealkylation sites (tertiary alicyclic amines) is 1. The molecular formula is C28H31N5O3. The van der Waals surface area contributed by atoms with Crippen LogP contribution in [0.2, 0.25) is 0 Å². The number of carbonyl (C=O) groups is 1. The zero-order valence-corrected chi connectivity index (χ0v) is 21.0. The van der Waals surface area contributed by atoms with Gasteiger partial charge in [-0.25, -0.2) is 0 Å². The highest BCUT2D eigenvalue weighted by Crippen LogP contribution is 2.37. The van der Waals surface area contributed by atoms with E-state index >= 15 is 0 Å². The van der Waals surface area contributed by atoms with Crippen molar-refractivity contribution >= 4 is 5.91 Å². The van der Waals surface area contributed by atoms with E-state index in [1.165, 1.54) is 11.1 Å². The van der Waals surface area contributed by atoms with Crippen molar-refractivity contribution in [3.8, 4) is 34.7 Å². The maximum atomic E-state index is 12.6. The van der Waals surface area contributed by atoms with E-state index in [0.29, 0.717) is 41.1 Å². The summed E-state index contributed by atoms with van der Waals surface area (Å²) in [6, 6.07) is 13.7. The molecule has 1 aliphatic carbocycles. The third kappa shape index (κ3) is 4.84. The summed E-state index contributed by atoms with van der Waals surface area (Å²) in [7, 11) is 0. The Morgan fingerprint density at radius 3 is 2.92 bits per heavy atom. The first kappa shape index (κ1) is 24.0. The van der Waals surface area contributed by atoms with E-state index in [2.05, 4.69) is 34.5 Å². The van der Waals surface area contributed by atoms with E-state index in [4.69, 9.17) is 9.26 Å². The van der Waals surface area contributed by atoms with Gasteiger partial charge in [-0.2, -0.15) is 10.2 Å². The van der Waals surface area contributed by atoms with Crippen molar-refractivity contribution < 1.29 is 14.1 Å². The molecule has 3 aromatic rings. The first-order chi connectivity index (χ1) is 17.4. The normalized spacial score (nSPS) is 18.9. The lowest BCUT2D eigenvalue weighted by Crippen LogP contribution is -2.37. The Kier molecular flexibility index (Phi) is 6.75. The fraction of sp³-hybridized carbons (Fsp3) is 0.429. The second-order valence-corrected chi connectivity index (χ2v) is 9.99. The topological polar surface area (TPSA) is 104 Å². The average molecular weight is 486 g/mol. The van der Waals surface area contributed by atoms with Crippen LogP contribution in [0.3, 0.4) is 0 Å². The van der Waals surface area contributed by atoms with Crippen LogP contribution in [0.15, 0.2) is 40.9 Å². The monoisotopic (exact) mass is 485 g/mol. The van der Waals surface area contributed by atoms with Gasteiger partial charge in [-0.1, -0.05) is 30.3 Å². The molecule has 1 aliphatic heterocycles. The molecule has 0 unspecified atom stereocenters. The van der Waals surface area contributed by atoms with Gasteiger partial charge in [-0.15, -0.1) is 0 Å². The predicted molar refractivity (Wildman–Crippen MR) is 135 cm³/mol. The number of nitrogens with one attached hydrogen (secondary N) is 1. The minimum Gasteiger partial charge on any atom is -0.490 e. The van der Waals surface area contributed by atoms with Gasteiger partial charge in [0.25, 0.3) is 5.89 Å². The Labute approximate surface area is 211 Å². The van der Waals surface area contributed by atoms with E-state index in [1.807, 2.05) is 36.9 Å². The van der Waals surface area contributed by atoms with Gasteiger partial charge in [-0.3, -0.25) is 4.79 Å². The number of ether oxygens (including phenoxy) is 1. The molecule has 2 atom stereocenters. The van der Waals surface area contributed by atoms with E-state index in [9.17, 15) is 10.1 Å². The van der Waals surface area contributed by atoms with Crippen LogP contribution >= 0.6 is 0 Å². The van der Waals surface area contributed by atoms with Crippen molar-refractivity contribution in [3.63, 3.8) is 0 Å². The van der Waals surface area contributed by atoms with Crippen molar-refractivity contribution in [2.24, 2.45) is 5.92 Å². The molecule has 8 heteroatoms. The molecule has 0 radical (unpaired) electrons. The van der Waals surface area contributed by atoms with Crippen LogP contribution in [0.25, 0.3) is 22.8 Å². The molecule has 2 aliphatic rings. The SMILES string of the molecule is CC(C)Oc1ccc(-c2nc(-c3cccc4c3CC[C@H]4NCC(=O)N3CC[C@H](C)C3)no2)cc1C#N. The smallest absolute Gasteiger partial charge is 0.258 e. The molecule has 36 heavy (non-hydrogen) atoms. The Bertz CT molecular complexity index is 1310. The van der Waals surface area contributed by atoms with Crippen molar-refractivity contribution in [2.75, 3.05) is 19.6 Å². The number of fused-ring (bicyclic) bond motifs is 1. The molecule has 1 aromatic heterocycles. The average Bonchev–Trinajstić information content (AvgIpc) is 3.62. The minimum absolute atomic E-state index is 0.0292. The quantitative estimate of drug-likeness (QED) is 0.525. The lowest BCUT2D eigenvalue weighted by molar-refractivity contribution is -0.129. The molecule has 1 saturated heterocycles. The highest BCUT2D eigenvalue weighted by Gasteiger charge is 2.28. The van der Waals surface area contributed by atoms with Crippen molar-refractivity contribution in [3.05, 3.63) is 53.1 Å². The van der Waals surface area contributed by atoms with Gasteiger partial charge >= 0.3 is 0 Å². The lowest BCUT2D eigenvalue weighted by atomic mass is 10.0. The third-order valence-corrected chi connectivity index (χ3v) is 6.92. The van der Waals surface area contributed by atoms with E-state index in [1.54, 1.807) is 12.1 Å². The first-order valence-corrected chi connectivity index (χ1v) is 12.6. The number of hydrogen-bond donors (Lipinski definition) is 1. The predicted octanol–water partition coefficient (Wildman–Crippen LogP) is 4.51. The number of aromatic nitrogens is 2. The maximum absolute atomic E-state index is 12.6. The second-order valence-electron chi connectivity index (χ2n) is 9.99. The molecule has 2 aromatic carbocycles. The summed E-state index contributed by atoms with van der Waals surface area (Å²) >= 11 is 0. The van der Waals surface area contributed by atoms with Crippen LogP contribution in [0.5, 0.6) is 5.75 Å². The van der Waals surface area contributed by atoms with Crippen LogP contribution in [-0.4, -0.2) is 46.7 Å². The number of nitriles is 1. The molecule has 0 bridgehead atoms. The highest BCUT2D eigenvalue weighted by molar-refractivity contribution is 5.78. The zero-order chi connectivity index (χ0) is 25.2. The van der Waals surface area contributed by atoms with Crippen molar-refractivity contribution in [1.82, 2.24) is 20.4 Å². The zero-order valence-electron chi connectivity index (χ0n) is 21.0. The highest BCUT2D eigenvalue weighted by atomic mass is 16.5.